The van der Waals surface area contributed by atoms with Crippen molar-refractivity contribution in [3.63, 3.8) is 0 Å². The second-order valence-electron chi connectivity index (χ2n) is 5.19. The minimum absolute atomic E-state index is 0.447. The van der Waals surface area contributed by atoms with Crippen LogP contribution in [0.25, 0.3) is 11.1 Å². The Bertz CT molecular complexity index is 666. The van der Waals surface area contributed by atoms with E-state index in [0.717, 1.165) is 11.1 Å². The predicted octanol–water partition coefficient (Wildman–Crippen LogP) is 4.28. The van der Waals surface area contributed by atoms with Crippen LogP contribution in [0.4, 0.5) is 13.2 Å². The first-order valence-electron chi connectivity index (χ1n) is 6.82. The largest absolute Gasteiger partial charge is 0.479 e. The molecule has 1 atom stereocenters. The van der Waals surface area contributed by atoms with Crippen LogP contribution in [0.15, 0.2) is 54.6 Å². The van der Waals surface area contributed by atoms with Crippen LogP contribution in [-0.2, 0) is 16.1 Å². The van der Waals surface area contributed by atoms with Crippen molar-refractivity contribution in [3.8, 4) is 11.1 Å². The van der Waals surface area contributed by atoms with Crippen LogP contribution in [0.5, 0.6) is 0 Å². The van der Waals surface area contributed by atoms with Crippen molar-refractivity contribution in [3.05, 3.63) is 60.2 Å². The first kappa shape index (κ1) is 17.0. The molecule has 1 unspecified atom stereocenters. The molecule has 0 aliphatic rings. The Morgan fingerprint density at radius 1 is 1.00 bits per heavy atom. The lowest BCUT2D eigenvalue weighted by Gasteiger charge is -2.27. The molecule has 6 heteroatoms. The highest BCUT2D eigenvalue weighted by Crippen LogP contribution is 2.34. The summed E-state index contributed by atoms with van der Waals surface area (Å²) in [6, 6.07) is 16.2. The average Bonchev–Trinajstić information content (AvgIpc) is 2.52. The fourth-order valence-corrected chi connectivity index (χ4v) is 1.92. The van der Waals surface area contributed by atoms with E-state index in [1.54, 1.807) is 24.3 Å². The topological polar surface area (TPSA) is 46.5 Å². The Kier molecular flexibility index (Phi) is 4.75. The van der Waals surface area contributed by atoms with Crippen LogP contribution in [-0.4, -0.2) is 22.9 Å². The molecule has 3 nitrogen and oxygen atoms in total. The zero-order chi connectivity index (χ0) is 17.1. The molecule has 0 aromatic heterocycles. The van der Waals surface area contributed by atoms with Crippen molar-refractivity contribution >= 4 is 5.97 Å². The van der Waals surface area contributed by atoms with Gasteiger partial charge in [0.15, 0.2) is 0 Å². The highest BCUT2D eigenvalue weighted by molar-refractivity contribution is 5.78. The van der Waals surface area contributed by atoms with Gasteiger partial charge in [-0.25, -0.2) is 4.79 Å². The zero-order valence-corrected chi connectivity index (χ0v) is 12.3. The van der Waals surface area contributed by atoms with Gasteiger partial charge in [0.2, 0.25) is 0 Å². The fourth-order valence-electron chi connectivity index (χ4n) is 1.92. The third kappa shape index (κ3) is 3.71. The summed E-state index contributed by atoms with van der Waals surface area (Å²) in [5, 5.41) is 8.79. The Labute approximate surface area is 131 Å². The van der Waals surface area contributed by atoms with E-state index in [4.69, 9.17) is 5.11 Å². The third-order valence-corrected chi connectivity index (χ3v) is 3.54. The molecule has 2 aromatic rings. The fraction of sp³-hybridized carbons (Fsp3) is 0.235. The maximum atomic E-state index is 12.8. The molecule has 1 N–H and O–H groups in total. The van der Waals surface area contributed by atoms with Gasteiger partial charge in [0, 0.05) is 0 Å². The Balaban J connectivity index is 2.11. The van der Waals surface area contributed by atoms with E-state index in [-0.39, 0.29) is 0 Å². The number of ether oxygens (including phenoxy) is 1. The van der Waals surface area contributed by atoms with Gasteiger partial charge in [0.1, 0.15) is 0 Å². The molecule has 2 rings (SSSR count). The maximum absolute atomic E-state index is 12.8. The van der Waals surface area contributed by atoms with Crippen LogP contribution in [0.3, 0.4) is 0 Å². The summed E-state index contributed by atoms with van der Waals surface area (Å²) in [4.78, 5) is 10.9. The number of benzene rings is 2. The lowest BCUT2D eigenvalue weighted by molar-refractivity contribution is -0.272. The van der Waals surface area contributed by atoms with Crippen LogP contribution in [0, 0.1) is 0 Å². The molecule has 0 aliphatic heterocycles. The number of carbonyl (C=O) groups is 1. The van der Waals surface area contributed by atoms with Crippen LogP contribution in [0.2, 0.25) is 0 Å². The zero-order valence-electron chi connectivity index (χ0n) is 12.3. The second kappa shape index (κ2) is 6.42. The summed E-state index contributed by atoms with van der Waals surface area (Å²) < 4.78 is 43.2. The van der Waals surface area contributed by atoms with Crippen molar-refractivity contribution in [1.29, 1.82) is 0 Å². The van der Waals surface area contributed by atoms with Gasteiger partial charge in [-0.05, 0) is 23.6 Å². The average molecular weight is 324 g/mol. The van der Waals surface area contributed by atoms with E-state index in [2.05, 4.69) is 4.74 Å². The molecule has 0 saturated carbocycles. The maximum Gasteiger partial charge on any atom is 0.428 e. The van der Waals surface area contributed by atoms with Gasteiger partial charge in [0.25, 0.3) is 5.60 Å². The summed E-state index contributed by atoms with van der Waals surface area (Å²) in [6.07, 6.45) is -5.00. The number of aliphatic carboxylic acids is 1. The lowest BCUT2D eigenvalue weighted by Crippen LogP contribution is -2.51. The molecular weight excluding hydrogens is 309 g/mol. The van der Waals surface area contributed by atoms with Crippen LogP contribution < -0.4 is 0 Å². The smallest absolute Gasteiger partial charge is 0.428 e. The van der Waals surface area contributed by atoms with E-state index in [1.807, 2.05) is 30.3 Å². The summed E-state index contributed by atoms with van der Waals surface area (Å²) in [7, 11) is 0. The quantitative estimate of drug-likeness (QED) is 0.893. The van der Waals surface area contributed by atoms with Crippen LogP contribution in [0.1, 0.15) is 12.5 Å². The molecule has 0 heterocycles. The minimum atomic E-state index is -5.00. The molecular formula is C17H15F3O3. The number of hydrogen-bond donors (Lipinski definition) is 1. The molecule has 0 aliphatic carbocycles. The van der Waals surface area contributed by atoms with Gasteiger partial charge >= 0.3 is 12.1 Å². The van der Waals surface area contributed by atoms with E-state index < -0.39 is 24.4 Å². The number of alkyl halides is 3. The number of carboxylic acid groups (broad SMARTS) is 1. The van der Waals surface area contributed by atoms with Gasteiger partial charge in [0.05, 0.1) is 6.61 Å². The van der Waals surface area contributed by atoms with Crippen molar-refractivity contribution in [2.45, 2.75) is 25.3 Å². The predicted molar refractivity (Wildman–Crippen MR) is 78.8 cm³/mol. The molecule has 0 saturated heterocycles. The first-order valence-corrected chi connectivity index (χ1v) is 6.82. The highest BCUT2D eigenvalue weighted by atomic mass is 19.4. The van der Waals surface area contributed by atoms with Gasteiger partial charge in [-0.3, -0.25) is 0 Å². The van der Waals surface area contributed by atoms with E-state index in [1.165, 1.54) is 0 Å². The summed E-state index contributed by atoms with van der Waals surface area (Å²) >= 11 is 0. The third-order valence-electron chi connectivity index (χ3n) is 3.54. The van der Waals surface area contributed by atoms with E-state index >= 15 is 0 Å². The highest BCUT2D eigenvalue weighted by Gasteiger charge is 2.58. The molecule has 122 valence electrons. The number of carboxylic acids is 1. The summed E-state index contributed by atoms with van der Waals surface area (Å²) in [5.41, 5.74) is -0.885. The Hall–Kier alpha value is -2.34. The van der Waals surface area contributed by atoms with E-state index in [0.29, 0.717) is 12.5 Å². The van der Waals surface area contributed by atoms with Crippen LogP contribution >= 0.6 is 0 Å². The molecule has 0 spiro atoms. The standard InChI is InChI=1S/C17H15F3O3/c1-16(15(21)22,17(18,19)20)23-11-12-7-9-14(10-8-12)13-5-3-2-4-6-13/h2-10H,11H2,1H3,(H,21,22). The minimum Gasteiger partial charge on any atom is -0.479 e. The molecule has 0 amide bonds. The monoisotopic (exact) mass is 324 g/mol. The second-order valence-corrected chi connectivity index (χ2v) is 5.19. The first-order chi connectivity index (χ1) is 10.7. The Morgan fingerprint density at radius 2 is 1.52 bits per heavy atom. The Morgan fingerprint density at radius 3 is 2.00 bits per heavy atom. The lowest BCUT2D eigenvalue weighted by atomic mass is 10.0. The SMILES string of the molecule is CC(OCc1ccc(-c2ccccc2)cc1)(C(=O)O)C(F)(F)F. The van der Waals surface area contributed by atoms with Crippen molar-refractivity contribution in [2.75, 3.05) is 0 Å². The van der Waals surface area contributed by atoms with Crippen molar-refractivity contribution in [1.82, 2.24) is 0 Å². The van der Waals surface area contributed by atoms with Gasteiger partial charge in [-0.2, -0.15) is 13.2 Å². The normalized spacial score (nSPS) is 14.3. The number of hydrogen-bond acceptors (Lipinski definition) is 2. The summed E-state index contributed by atoms with van der Waals surface area (Å²) in [5.74, 6) is -2.06. The number of halogens is 3. The number of rotatable bonds is 5. The molecule has 0 fully saturated rings. The van der Waals surface area contributed by atoms with Gasteiger partial charge < -0.3 is 9.84 Å². The van der Waals surface area contributed by atoms with E-state index in [9.17, 15) is 18.0 Å². The van der Waals surface area contributed by atoms with Crippen molar-refractivity contribution < 1.29 is 27.8 Å². The summed E-state index contributed by atoms with van der Waals surface area (Å²) in [6.45, 7) is 0.0606. The van der Waals surface area contributed by atoms with Gasteiger partial charge in [-0.15, -0.1) is 0 Å². The van der Waals surface area contributed by atoms with Crippen molar-refractivity contribution in [2.24, 2.45) is 0 Å². The molecule has 23 heavy (non-hydrogen) atoms. The molecule has 0 radical (unpaired) electrons. The molecule has 2 aromatic carbocycles. The van der Waals surface area contributed by atoms with Gasteiger partial charge in [-0.1, -0.05) is 54.6 Å². The molecule has 0 bridgehead atoms.